The SMILES string of the molecule is Cc1cc(C(=O)NCC2CCCNC2)c(C)n1-c1ccccc1.Cl. The third kappa shape index (κ3) is 4.00. The topological polar surface area (TPSA) is 46.1 Å². The van der Waals surface area contributed by atoms with Crippen LogP contribution in [0.15, 0.2) is 36.4 Å². The van der Waals surface area contributed by atoms with E-state index < -0.39 is 0 Å². The molecular weight excluding hydrogens is 322 g/mol. The predicted molar refractivity (Wildman–Crippen MR) is 100 cm³/mol. The molecule has 1 atom stereocenters. The first-order valence-corrected chi connectivity index (χ1v) is 8.40. The normalized spacial score (nSPS) is 17.2. The first-order chi connectivity index (χ1) is 11.2. The Bertz CT molecular complexity index is 675. The van der Waals surface area contributed by atoms with E-state index in [0.29, 0.717) is 5.92 Å². The van der Waals surface area contributed by atoms with Gasteiger partial charge < -0.3 is 15.2 Å². The van der Waals surface area contributed by atoms with E-state index in [0.717, 1.165) is 42.3 Å². The number of rotatable bonds is 4. The minimum Gasteiger partial charge on any atom is -0.352 e. The number of amides is 1. The van der Waals surface area contributed by atoms with E-state index in [4.69, 9.17) is 0 Å². The molecule has 0 aliphatic carbocycles. The lowest BCUT2D eigenvalue weighted by Crippen LogP contribution is -2.38. The summed E-state index contributed by atoms with van der Waals surface area (Å²) >= 11 is 0. The Morgan fingerprint density at radius 3 is 2.71 bits per heavy atom. The fourth-order valence-electron chi connectivity index (χ4n) is 3.40. The molecule has 4 nitrogen and oxygen atoms in total. The van der Waals surface area contributed by atoms with Gasteiger partial charge in [0.1, 0.15) is 0 Å². The average Bonchev–Trinajstić information content (AvgIpc) is 2.89. The third-order valence-electron chi connectivity index (χ3n) is 4.64. The average molecular weight is 348 g/mol. The molecule has 1 aromatic carbocycles. The van der Waals surface area contributed by atoms with Crippen LogP contribution in [-0.4, -0.2) is 30.1 Å². The Kier molecular flexibility index (Phi) is 6.46. The lowest BCUT2D eigenvalue weighted by atomic mass is 10.00. The smallest absolute Gasteiger partial charge is 0.253 e. The van der Waals surface area contributed by atoms with Gasteiger partial charge in [-0.3, -0.25) is 4.79 Å². The van der Waals surface area contributed by atoms with Crippen molar-refractivity contribution in [3.63, 3.8) is 0 Å². The van der Waals surface area contributed by atoms with E-state index >= 15 is 0 Å². The van der Waals surface area contributed by atoms with Gasteiger partial charge in [-0.1, -0.05) is 18.2 Å². The Morgan fingerprint density at radius 2 is 2.04 bits per heavy atom. The monoisotopic (exact) mass is 347 g/mol. The van der Waals surface area contributed by atoms with Gasteiger partial charge in [0.05, 0.1) is 5.56 Å². The first kappa shape index (κ1) is 18.6. The van der Waals surface area contributed by atoms with Crippen molar-refractivity contribution in [2.24, 2.45) is 5.92 Å². The maximum atomic E-state index is 12.6. The summed E-state index contributed by atoms with van der Waals surface area (Å²) in [4.78, 5) is 12.6. The number of halogens is 1. The van der Waals surface area contributed by atoms with Gasteiger partial charge in [0.25, 0.3) is 5.91 Å². The molecular formula is C19H26ClN3O. The zero-order valence-electron chi connectivity index (χ0n) is 14.3. The van der Waals surface area contributed by atoms with Crippen LogP contribution < -0.4 is 10.6 Å². The molecule has 130 valence electrons. The maximum absolute atomic E-state index is 12.6. The molecule has 2 aromatic rings. The first-order valence-electron chi connectivity index (χ1n) is 8.40. The molecule has 5 heteroatoms. The number of hydrogen-bond acceptors (Lipinski definition) is 2. The van der Waals surface area contributed by atoms with Crippen LogP contribution in [0.3, 0.4) is 0 Å². The van der Waals surface area contributed by atoms with Crippen molar-refractivity contribution in [2.45, 2.75) is 26.7 Å². The van der Waals surface area contributed by atoms with Crippen molar-refractivity contribution in [3.05, 3.63) is 53.3 Å². The van der Waals surface area contributed by atoms with Crippen molar-refractivity contribution >= 4 is 18.3 Å². The lowest BCUT2D eigenvalue weighted by molar-refractivity contribution is 0.0944. The molecule has 1 aliphatic rings. The quantitative estimate of drug-likeness (QED) is 0.891. The molecule has 0 saturated carbocycles. The second kappa shape index (κ2) is 8.36. The lowest BCUT2D eigenvalue weighted by Gasteiger charge is -2.22. The molecule has 1 amide bonds. The number of aromatic nitrogens is 1. The third-order valence-corrected chi connectivity index (χ3v) is 4.64. The van der Waals surface area contributed by atoms with Crippen molar-refractivity contribution in [3.8, 4) is 5.69 Å². The largest absolute Gasteiger partial charge is 0.352 e. The number of para-hydroxylation sites is 1. The van der Waals surface area contributed by atoms with Gasteiger partial charge in [0.2, 0.25) is 0 Å². The molecule has 3 rings (SSSR count). The number of nitrogens with zero attached hydrogens (tertiary/aromatic N) is 1. The Balaban J connectivity index is 0.00000208. The molecule has 24 heavy (non-hydrogen) atoms. The summed E-state index contributed by atoms with van der Waals surface area (Å²) in [6.45, 7) is 6.91. The van der Waals surface area contributed by atoms with Crippen molar-refractivity contribution in [1.29, 1.82) is 0 Å². The number of piperidine rings is 1. The second-order valence-electron chi connectivity index (χ2n) is 6.38. The van der Waals surface area contributed by atoms with Gasteiger partial charge in [-0.05, 0) is 63.9 Å². The van der Waals surface area contributed by atoms with Crippen LogP contribution in [0.1, 0.15) is 34.6 Å². The molecule has 1 aromatic heterocycles. The van der Waals surface area contributed by atoms with Gasteiger partial charge in [0, 0.05) is 23.6 Å². The summed E-state index contributed by atoms with van der Waals surface area (Å²) in [6, 6.07) is 12.2. The molecule has 1 fully saturated rings. The molecule has 0 bridgehead atoms. The number of carbonyl (C=O) groups is 1. The maximum Gasteiger partial charge on any atom is 0.253 e. The summed E-state index contributed by atoms with van der Waals surface area (Å²) in [6.07, 6.45) is 2.39. The van der Waals surface area contributed by atoms with Gasteiger partial charge in [-0.15, -0.1) is 12.4 Å². The molecule has 0 spiro atoms. The Labute approximate surface area is 150 Å². The standard InChI is InChI=1S/C19H25N3O.ClH/c1-14-11-18(15(2)22(14)17-8-4-3-5-9-17)19(23)21-13-16-7-6-10-20-12-16;/h3-5,8-9,11,16,20H,6-7,10,12-13H2,1-2H3,(H,21,23);1H. The van der Waals surface area contributed by atoms with Gasteiger partial charge >= 0.3 is 0 Å². The van der Waals surface area contributed by atoms with E-state index in [-0.39, 0.29) is 18.3 Å². The minimum atomic E-state index is 0. The van der Waals surface area contributed by atoms with E-state index in [1.165, 1.54) is 12.8 Å². The van der Waals surface area contributed by atoms with E-state index in [2.05, 4.69) is 27.3 Å². The highest BCUT2D eigenvalue weighted by atomic mass is 35.5. The highest BCUT2D eigenvalue weighted by Crippen LogP contribution is 2.20. The summed E-state index contributed by atoms with van der Waals surface area (Å²) < 4.78 is 2.14. The van der Waals surface area contributed by atoms with Gasteiger partial charge in [-0.25, -0.2) is 0 Å². The van der Waals surface area contributed by atoms with E-state index in [1.54, 1.807) is 0 Å². The number of carbonyl (C=O) groups excluding carboxylic acids is 1. The Hall–Kier alpha value is -1.78. The van der Waals surface area contributed by atoms with Crippen LogP contribution >= 0.6 is 12.4 Å². The molecule has 1 aliphatic heterocycles. The number of hydrogen-bond donors (Lipinski definition) is 2. The second-order valence-corrected chi connectivity index (χ2v) is 6.38. The fraction of sp³-hybridized carbons (Fsp3) is 0.421. The summed E-state index contributed by atoms with van der Waals surface area (Å²) in [5.74, 6) is 0.580. The van der Waals surface area contributed by atoms with Crippen molar-refractivity contribution in [1.82, 2.24) is 15.2 Å². The zero-order chi connectivity index (χ0) is 16.2. The Morgan fingerprint density at radius 1 is 1.29 bits per heavy atom. The van der Waals surface area contributed by atoms with Crippen LogP contribution in [0.25, 0.3) is 5.69 Å². The highest BCUT2D eigenvalue weighted by molar-refractivity contribution is 5.95. The highest BCUT2D eigenvalue weighted by Gasteiger charge is 2.18. The summed E-state index contributed by atoms with van der Waals surface area (Å²) in [7, 11) is 0. The van der Waals surface area contributed by atoms with Gasteiger partial charge in [0.15, 0.2) is 0 Å². The molecule has 1 saturated heterocycles. The van der Waals surface area contributed by atoms with Crippen LogP contribution in [0, 0.1) is 19.8 Å². The summed E-state index contributed by atoms with van der Waals surface area (Å²) in [5.41, 5.74) is 3.94. The number of aryl methyl sites for hydroxylation is 1. The van der Waals surface area contributed by atoms with Crippen molar-refractivity contribution in [2.75, 3.05) is 19.6 Å². The predicted octanol–water partition coefficient (Wildman–Crippen LogP) is 3.25. The molecule has 2 heterocycles. The molecule has 2 N–H and O–H groups in total. The zero-order valence-corrected chi connectivity index (χ0v) is 15.2. The minimum absolute atomic E-state index is 0. The molecule has 1 unspecified atom stereocenters. The van der Waals surface area contributed by atoms with Crippen molar-refractivity contribution < 1.29 is 4.79 Å². The molecule has 0 radical (unpaired) electrons. The van der Waals surface area contributed by atoms with Crippen LogP contribution in [0.2, 0.25) is 0 Å². The van der Waals surface area contributed by atoms with Crippen LogP contribution in [0.4, 0.5) is 0 Å². The van der Waals surface area contributed by atoms with Crippen LogP contribution in [-0.2, 0) is 0 Å². The number of nitrogens with one attached hydrogen (secondary N) is 2. The fourth-order valence-corrected chi connectivity index (χ4v) is 3.40. The van der Waals surface area contributed by atoms with Crippen LogP contribution in [0.5, 0.6) is 0 Å². The van der Waals surface area contributed by atoms with E-state index in [9.17, 15) is 4.79 Å². The number of benzene rings is 1. The van der Waals surface area contributed by atoms with E-state index in [1.807, 2.05) is 38.1 Å². The van der Waals surface area contributed by atoms with Gasteiger partial charge in [-0.2, -0.15) is 0 Å². The summed E-state index contributed by atoms with van der Waals surface area (Å²) in [5, 5.41) is 6.50.